The van der Waals surface area contributed by atoms with Gasteiger partial charge in [0.1, 0.15) is 5.82 Å². The van der Waals surface area contributed by atoms with Crippen molar-refractivity contribution in [2.45, 2.75) is 12.7 Å². The largest absolute Gasteiger partial charge is 0.490 e. The van der Waals surface area contributed by atoms with E-state index in [9.17, 15) is 27.2 Å². The first-order valence-electron chi connectivity index (χ1n) is 10.4. The highest BCUT2D eigenvalue weighted by molar-refractivity contribution is 6.05. The van der Waals surface area contributed by atoms with Gasteiger partial charge in [0.25, 0.3) is 11.8 Å². The first-order chi connectivity index (χ1) is 17.4. The Labute approximate surface area is 206 Å². The number of fused-ring (bicyclic) bond motifs is 1. The molecule has 0 radical (unpaired) electrons. The van der Waals surface area contributed by atoms with Crippen LogP contribution in [0.15, 0.2) is 66.7 Å². The van der Waals surface area contributed by atoms with Gasteiger partial charge in [0.15, 0.2) is 5.82 Å². The molecule has 0 aliphatic carbocycles. The normalized spacial score (nSPS) is 10.8. The van der Waals surface area contributed by atoms with Crippen LogP contribution >= 0.6 is 0 Å². The highest BCUT2D eigenvalue weighted by atomic mass is 19.4. The SMILES string of the molecule is Nc1ccc(F)cc1NC(=O)c1ccc(CNC(=O)c2nc3ccccc3[nH]2)cc1.O=C(O)C(F)(F)F. The molecule has 0 fully saturated rings. The van der Waals surface area contributed by atoms with Gasteiger partial charge in [-0.3, -0.25) is 9.59 Å². The van der Waals surface area contributed by atoms with Crippen LogP contribution in [0.2, 0.25) is 0 Å². The lowest BCUT2D eigenvalue weighted by Crippen LogP contribution is -2.24. The lowest BCUT2D eigenvalue weighted by Gasteiger charge is -2.09. The smallest absolute Gasteiger partial charge is 0.475 e. The minimum absolute atomic E-state index is 0.210. The maximum absolute atomic E-state index is 13.3. The zero-order chi connectivity index (χ0) is 27.2. The highest BCUT2D eigenvalue weighted by Gasteiger charge is 2.38. The number of alkyl halides is 3. The molecule has 2 amide bonds. The number of nitrogens with two attached hydrogens (primary N) is 1. The Bertz CT molecular complexity index is 1400. The Morgan fingerprint density at radius 3 is 2.24 bits per heavy atom. The van der Waals surface area contributed by atoms with E-state index in [-0.39, 0.29) is 29.7 Å². The van der Waals surface area contributed by atoms with E-state index in [0.29, 0.717) is 5.56 Å². The number of H-pyrrole nitrogens is 1. The molecule has 9 nitrogen and oxygen atoms in total. The van der Waals surface area contributed by atoms with Crippen molar-refractivity contribution in [3.8, 4) is 0 Å². The van der Waals surface area contributed by atoms with Crippen LogP contribution in [0.1, 0.15) is 26.5 Å². The number of anilines is 2. The summed E-state index contributed by atoms with van der Waals surface area (Å²) in [7, 11) is 0. The number of rotatable bonds is 5. The number of nitrogen functional groups attached to an aromatic ring is 1. The standard InChI is InChI=1S/C22H18FN5O2.C2HF3O2/c23-15-9-10-16(24)19(11-15)28-21(29)14-7-5-13(6-8-14)12-25-22(30)20-26-17-3-1-2-4-18(17)27-20;3-2(4,5)1(6)7/h1-11H,12,24H2,(H,25,30)(H,26,27)(H,28,29);(H,6,7). The molecule has 0 bridgehead atoms. The molecule has 0 saturated heterocycles. The van der Waals surface area contributed by atoms with E-state index in [1.54, 1.807) is 24.3 Å². The molecule has 192 valence electrons. The summed E-state index contributed by atoms with van der Waals surface area (Å²) in [5.74, 6) is -3.75. The number of halogens is 4. The van der Waals surface area contributed by atoms with E-state index < -0.39 is 23.9 Å². The predicted molar refractivity (Wildman–Crippen MR) is 126 cm³/mol. The predicted octanol–water partition coefficient (Wildman–Crippen LogP) is 4.10. The summed E-state index contributed by atoms with van der Waals surface area (Å²) >= 11 is 0. The number of aromatic nitrogens is 2. The Kier molecular flexibility index (Phi) is 8.07. The van der Waals surface area contributed by atoms with Crippen molar-refractivity contribution in [3.63, 3.8) is 0 Å². The van der Waals surface area contributed by atoms with Gasteiger partial charge in [-0.2, -0.15) is 13.2 Å². The van der Waals surface area contributed by atoms with Gasteiger partial charge in [0, 0.05) is 12.1 Å². The second-order valence-electron chi connectivity index (χ2n) is 7.47. The van der Waals surface area contributed by atoms with Gasteiger partial charge >= 0.3 is 12.1 Å². The third kappa shape index (κ3) is 7.27. The third-order valence-corrected chi connectivity index (χ3v) is 4.78. The number of imidazole rings is 1. The molecule has 1 aromatic heterocycles. The number of carbonyl (C=O) groups is 3. The summed E-state index contributed by atoms with van der Waals surface area (Å²) in [5.41, 5.74) is 8.93. The van der Waals surface area contributed by atoms with Crippen LogP contribution in [-0.2, 0) is 11.3 Å². The lowest BCUT2D eigenvalue weighted by atomic mass is 10.1. The fourth-order valence-electron chi connectivity index (χ4n) is 2.93. The number of aromatic amines is 1. The molecule has 4 rings (SSSR count). The second kappa shape index (κ2) is 11.2. The van der Waals surface area contributed by atoms with Crippen molar-refractivity contribution >= 4 is 40.2 Å². The Hall–Kier alpha value is -4.94. The molecular formula is C24H19F4N5O4. The number of aliphatic carboxylic acids is 1. The van der Waals surface area contributed by atoms with Crippen LogP contribution in [0.5, 0.6) is 0 Å². The molecule has 13 heteroatoms. The topological polar surface area (TPSA) is 150 Å². The molecule has 6 N–H and O–H groups in total. The summed E-state index contributed by atoms with van der Waals surface area (Å²) in [5, 5.41) is 12.5. The molecule has 0 aliphatic heterocycles. The fourth-order valence-corrected chi connectivity index (χ4v) is 2.93. The average molecular weight is 517 g/mol. The van der Waals surface area contributed by atoms with E-state index in [1.165, 1.54) is 12.1 Å². The number of hydrogen-bond acceptors (Lipinski definition) is 5. The summed E-state index contributed by atoms with van der Waals surface area (Å²) in [4.78, 5) is 40.8. The fraction of sp³-hybridized carbons (Fsp3) is 0.0833. The highest BCUT2D eigenvalue weighted by Crippen LogP contribution is 2.20. The molecule has 0 spiro atoms. The quantitative estimate of drug-likeness (QED) is 0.199. The number of amides is 2. The average Bonchev–Trinajstić information content (AvgIpc) is 3.29. The van der Waals surface area contributed by atoms with E-state index >= 15 is 0 Å². The molecule has 0 saturated carbocycles. The van der Waals surface area contributed by atoms with Crippen molar-refractivity contribution in [3.05, 3.63) is 89.5 Å². The molecule has 1 heterocycles. The van der Waals surface area contributed by atoms with Crippen LogP contribution in [0.3, 0.4) is 0 Å². The van der Waals surface area contributed by atoms with Crippen LogP contribution in [0, 0.1) is 5.82 Å². The van der Waals surface area contributed by atoms with Crippen LogP contribution in [-0.4, -0.2) is 39.0 Å². The van der Waals surface area contributed by atoms with E-state index in [4.69, 9.17) is 15.6 Å². The van der Waals surface area contributed by atoms with Crippen LogP contribution in [0.25, 0.3) is 11.0 Å². The maximum Gasteiger partial charge on any atom is 0.490 e. The van der Waals surface area contributed by atoms with Crippen LogP contribution in [0.4, 0.5) is 28.9 Å². The summed E-state index contributed by atoms with van der Waals surface area (Å²) < 4.78 is 45.1. The number of carboxylic acids is 1. The Morgan fingerprint density at radius 2 is 1.62 bits per heavy atom. The molecule has 37 heavy (non-hydrogen) atoms. The number of nitrogens with zero attached hydrogens (tertiary/aromatic N) is 1. The number of para-hydroxylation sites is 2. The monoisotopic (exact) mass is 517 g/mol. The number of hydrogen-bond donors (Lipinski definition) is 5. The van der Waals surface area contributed by atoms with Gasteiger partial charge in [-0.05, 0) is 48.0 Å². The summed E-state index contributed by atoms with van der Waals surface area (Å²) in [6.45, 7) is 0.272. The molecule has 0 unspecified atom stereocenters. The Morgan fingerprint density at radius 1 is 0.973 bits per heavy atom. The number of carboxylic acid groups (broad SMARTS) is 1. The minimum Gasteiger partial charge on any atom is -0.475 e. The van der Waals surface area contributed by atoms with Crippen molar-refractivity contribution in [1.29, 1.82) is 0 Å². The molecule has 0 atom stereocenters. The summed E-state index contributed by atoms with van der Waals surface area (Å²) in [6.07, 6.45) is -5.08. The molecule has 0 aliphatic rings. The maximum atomic E-state index is 13.3. The van der Waals surface area contributed by atoms with E-state index in [1.807, 2.05) is 24.3 Å². The van der Waals surface area contributed by atoms with Gasteiger partial charge in [0.05, 0.1) is 22.4 Å². The Balaban J connectivity index is 0.000000479. The molecular weight excluding hydrogens is 498 g/mol. The van der Waals surface area contributed by atoms with Crippen molar-refractivity contribution in [2.24, 2.45) is 0 Å². The zero-order valence-corrected chi connectivity index (χ0v) is 18.8. The number of benzene rings is 3. The summed E-state index contributed by atoms with van der Waals surface area (Å²) in [6, 6.07) is 17.8. The van der Waals surface area contributed by atoms with Crippen molar-refractivity contribution in [2.75, 3.05) is 11.1 Å². The lowest BCUT2D eigenvalue weighted by molar-refractivity contribution is -0.192. The van der Waals surface area contributed by atoms with Gasteiger partial charge in [-0.15, -0.1) is 0 Å². The second-order valence-corrected chi connectivity index (χ2v) is 7.47. The molecule has 3 aromatic carbocycles. The first kappa shape index (κ1) is 26.7. The van der Waals surface area contributed by atoms with Gasteiger partial charge in [-0.1, -0.05) is 24.3 Å². The van der Waals surface area contributed by atoms with Crippen LogP contribution < -0.4 is 16.4 Å². The van der Waals surface area contributed by atoms with E-state index in [0.717, 1.165) is 22.7 Å². The van der Waals surface area contributed by atoms with Gasteiger partial charge in [-0.25, -0.2) is 14.2 Å². The van der Waals surface area contributed by atoms with Gasteiger partial charge < -0.3 is 26.5 Å². The minimum atomic E-state index is -5.08. The van der Waals surface area contributed by atoms with Gasteiger partial charge in [0.2, 0.25) is 0 Å². The number of carbonyl (C=O) groups excluding carboxylic acids is 2. The van der Waals surface area contributed by atoms with Crippen molar-refractivity contribution < 1.29 is 37.1 Å². The molecule has 4 aromatic rings. The third-order valence-electron chi connectivity index (χ3n) is 4.78. The zero-order valence-electron chi connectivity index (χ0n) is 18.8. The first-order valence-corrected chi connectivity index (χ1v) is 10.4. The van der Waals surface area contributed by atoms with Crippen molar-refractivity contribution in [1.82, 2.24) is 15.3 Å². The van der Waals surface area contributed by atoms with E-state index in [2.05, 4.69) is 20.6 Å². The number of nitrogens with one attached hydrogen (secondary N) is 3.